The first-order chi connectivity index (χ1) is 23.2. The monoisotopic (exact) mass is 734 g/mol. The van der Waals surface area contributed by atoms with E-state index < -0.39 is 63.3 Å². The number of fused-ring (bicyclic) bond motifs is 1. The number of thiazole rings is 1. The van der Waals surface area contributed by atoms with Gasteiger partial charge in [0.15, 0.2) is 16.6 Å². The largest absolute Gasteiger partial charge is 0.503 e. The Kier molecular flexibility index (Phi) is 10.8. The van der Waals surface area contributed by atoms with Gasteiger partial charge in [-0.15, -0.1) is 23.1 Å². The maximum absolute atomic E-state index is 13.7. The third-order valence-electron chi connectivity index (χ3n) is 7.95. The van der Waals surface area contributed by atoms with E-state index in [1.165, 1.54) is 43.3 Å². The SMILES string of the molecule is CC(c1cc(=O)c(O)c[nH]1)[N+](C)(C)CC1=C(C(=O)O)N2C(=O)[C@@H](NC(=O)/C(=N/OC(C)(C)C(=O)OC(C)(C)C)c3csc(NC=O)n3)[C@H]2SC1. The molecule has 3 atom stereocenters. The van der Waals surface area contributed by atoms with Crippen molar-refractivity contribution in [3.8, 4) is 5.75 Å². The average molecular weight is 735 g/mol. The zero-order valence-corrected chi connectivity index (χ0v) is 30.4. The number of nitrogens with zero attached hydrogens (tertiary/aromatic N) is 4. The van der Waals surface area contributed by atoms with Gasteiger partial charge in [0.2, 0.25) is 17.4 Å². The van der Waals surface area contributed by atoms with E-state index in [4.69, 9.17) is 9.57 Å². The minimum atomic E-state index is -1.64. The number of carbonyl (C=O) groups excluding carboxylic acids is 4. The third-order valence-corrected chi connectivity index (χ3v) is 10.1. The molecule has 2 aromatic heterocycles. The summed E-state index contributed by atoms with van der Waals surface area (Å²) in [5, 5.41) is 29.6. The Morgan fingerprint density at radius 2 is 1.92 bits per heavy atom. The number of likely N-dealkylation sites (N-methyl/N-ethyl adjacent to an activating group) is 1. The third kappa shape index (κ3) is 8.16. The molecule has 19 heteroatoms. The summed E-state index contributed by atoms with van der Waals surface area (Å²) in [4.78, 5) is 89.2. The number of aromatic amines is 1. The highest BCUT2D eigenvalue weighted by Gasteiger charge is 2.55. The van der Waals surface area contributed by atoms with E-state index >= 15 is 0 Å². The lowest BCUT2D eigenvalue weighted by molar-refractivity contribution is -0.915. The summed E-state index contributed by atoms with van der Waals surface area (Å²) >= 11 is 2.26. The van der Waals surface area contributed by atoms with Gasteiger partial charge in [0, 0.05) is 29.0 Å². The number of carboxylic acid groups (broad SMARTS) is 1. The molecule has 1 saturated heterocycles. The van der Waals surface area contributed by atoms with Crippen LogP contribution in [0.4, 0.5) is 5.13 Å². The fourth-order valence-electron chi connectivity index (χ4n) is 5.04. The highest BCUT2D eigenvalue weighted by atomic mass is 32.2. The van der Waals surface area contributed by atoms with E-state index in [0.717, 1.165) is 16.2 Å². The standard InChI is InChI=1S/C31H39N7O10S2/c1-15(17-9-19(40)20(41)10-32-17)38(7,8)11-16-12-49-26-22(25(43)37(26)23(16)27(44)45)35-24(42)21(18-13-50-29(34-18)33-14-39)36-48-31(5,6)28(46)47-30(2,3)4/h9-10,13-15,22,26H,11-12H2,1-8H3,(H4-,32,33,34,35,36,39,40,41,42,44,45)/p+1/t15?,22-,26-/m1/s1. The van der Waals surface area contributed by atoms with Crippen molar-refractivity contribution < 1.29 is 48.2 Å². The molecule has 0 aliphatic carbocycles. The number of thioether (sulfide) groups is 1. The number of esters is 1. The number of hydrogen-bond acceptors (Lipinski definition) is 13. The minimum absolute atomic E-state index is 0.0192. The normalized spacial score (nSPS) is 18.8. The molecule has 17 nitrogen and oxygen atoms in total. The Morgan fingerprint density at radius 3 is 2.52 bits per heavy atom. The van der Waals surface area contributed by atoms with E-state index in [9.17, 15) is 39.0 Å². The predicted molar refractivity (Wildman–Crippen MR) is 183 cm³/mol. The van der Waals surface area contributed by atoms with Gasteiger partial charge in [-0.1, -0.05) is 5.16 Å². The van der Waals surface area contributed by atoms with Crippen LogP contribution in [0.15, 0.2) is 38.9 Å². The predicted octanol–water partition coefficient (Wildman–Crippen LogP) is 1.52. The van der Waals surface area contributed by atoms with E-state index in [1.54, 1.807) is 20.8 Å². The number of ether oxygens (including phenoxy) is 1. The molecule has 2 aliphatic heterocycles. The summed E-state index contributed by atoms with van der Waals surface area (Å²) in [5.74, 6) is -3.82. The summed E-state index contributed by atoms with van der Waals surface area (Å²) in [6, 6.07) is -0.181. The topological polar surface area (TPSA) is 230 Å². The molecule has 1 fully saturated rings. The van der Waals surface area contributed by atoms with Crippen LogP contribution in [-0.2, 0) is 33.5 Å². The molecule has 0 radical (unpaired) electrons. The van der Waals surface area contributed by atoms with E-state index in [2.05, 4.69) is 25.8 Å². The van der Waals surface area contributed by atoms with Crippen molar-refractivity contribution in [2.24, 2.45) is 5.16 Å². The number of nitrogens with one attached hydrogen (secondary N) is 3. The van der Waals surface area contributed by atoms with Crippen LogP contribution in [0.2, 0.25) is 0 Å². The Bertz CT molecular complexity index is 1830. The average Bonchev–Trinajstić information content (AvgIpc) is 3.47. The Hall–Kier alpha value is -4.75. The fourth-order valence-corrected chi connectivity index (χ4v) is 7.03. The molecule has 2 aromatic rings. The van der Waals surface area contributed by atoms with Crippen LogP contribution in [0.5, 0.6) is 5.75 Å². The number of β-lactam (4-membered cyclic amide) rings is 1. The molecule has 0 bridgehead atoms. The quantitative estimate of drug-likeness (QED) is 0.0493. The second-order valence-corrected chi connectivity index (χ2v) is 15.7. The number of carbonyl (C=O) groups is 5. The molecule has 0 spiro atoms. The molecule has 0 aromatic carbocycles. The van der Waals surface area contributed by atoms with Crippen LogP contribution < -0.4 is 16.1 Å². The summed E-state index contributed by atoms with van der Waals surface area (Å²) in [6.07, 6.45) is 1.60. The van der Waals surface area contributed by atoms with Gasteiger partial charge < -0.3 is 39.9 Å². The van der Waals surface area contributed by atoms with Crippen molar-refractivity contribution in [3.05, 3.63) is 50.5 Å². The van der Waals surface area contributed by atoms with Gasteiger partial charge >= 0.3 is 11.9 Å². The molecule has 4 heterocycles. The van der Waals surface area contributed by atoms with Crippen molar-refractivity contribution in [1.82, 2.24) is 20.2 Å². The zero-order chi connectivity index (χ0) is 37.3. The van der Waals surface area contributed by atoms with Gasteiger partial charge in [-0.05, 0) is 41.5 Å². The van der Waals surface area contributed by atoms with E-state index in [1.807, 2.05) is 21.0 Å². The lowest BCUT2D eigenvalue weighted by Crippen LogP contribution is -2.71. The number of H-pyrrole nitrogens is 1. The highest BCUT2D eigenvalue weighted by Crippen LogP contribution is 2.41. The Morgan fingerprint density at radius 1 is 1.24 bits per heavy atom. The second kappa shape index (κ2) is 14.2. The highest BCUT2D eigenvalue weighted by molar-refractivity contribution is 8.00. The number of aliphatic carboxylic acids is 1. The smallest absolute Gasteiger partial charge is 0.353 e. The van der Waals surface area contributed by atoms with Crippen LogP contribution in [0.1, 0.15) is 59.0 Å². The van der Waals surface area contributed by atoms with Crippen molar-refractivity contribution in [2.45, 2.75) is 70.2 Å². The molecule has 4 rings (SSSR count). The molecule has 270 valence electrons. The number of oxime groups is 1. The number of aromatic hydroxyl groups is 1. The first kappa shape index (κ1) is 38.1. The molecule has 5 N–H and O–H groups in total. The van der Waals surface area contributed by atoms with Crippen molar-refractivity contribution in [2.75, 3.05) is 31.7 Å². The lowest BCUT2D eigenvalue weighted by atomic mass is 10.0. The van der Waals surface area contributed by atoms with Crippen LogP contribution in [0, 0.1) is 0 Å². The van der Waals surface area contributed by atoms with Crippen LogP contribution in [0.3, 0.4) is 0 Å². The summed E-state index contributed by atoms with van der Waals surface area (Å²) in [7, 11) is 3.70. The van der Waals surface area contributed by atoms with Crippen molar-refractivity contribution in [3.63, 3.8) is 0 Å². The number of amides is 3. The van der Waals surface area contributed by atoms with Gasteiger partial charge in [-0.25, -0.2) is 14.6 Å². The van der Waals surface area contributed by atoms with Gasteiger partial charge in [0.1, 0.15) is 41.0 Å². The van der Waals surface area contributed by atoms with Gasteiger partial charge in [0.05, 0.1) is 19.8 Å². The van der Waals surface area contributed by atoms with Gasteiger partial charge in [0.25, 0.3) is 11.8 Å². The first-order valence-corrected chi connectivity index (χ1v) is 17.2. The Labute approximate surface area is 295 Å². The van der Waals surface area contributed by atoms with Crippen LogP contribution >= 0.6 is 23.1 Å². The summed E-state index contributed by atoms with van der Waals surface area (Å²) < 4.78 is 5.59. The number of carboxylic acids is 1. The molecule has 0 saturated carbocycles. The molecular formula is C31H40N7O10S2+. The number of aromatic nitrogens is 2. The number of hydrogen-bond donors (Lipinski definition) is 5. The number of anilines is 1. The molecule has 1 unspecified atom stereocenters. The van der Waals surface area contributed by atoms with E-state index in [-0.39, 0.29) is 39.3 Å². The first-order valence-electron chi connectivity index (χ1n) is 15.3. The van der Waals surface area contributed by atoms with Crippen LogP contribution in [0.25, 0.3) is 0 Å². The summed E-state index contributed by atoms with van der Waals surface area (Å²) in [5.41, 5.74) is -2.62. The van der Waals surface area contributed by atoms with E-state index in [0.29, 0.717) is 17.7 Å². The fraction of sp³-hybridized carbons (Fsp3) is 0.484. The minimum Gasteiger partial charge on any atom is -0.503 e. The number of rotatable bonds is 13. The lowest BCUT2D eigenvalue weighted by Gasteiger charge is -2.50. The molecular weight excluding hydrogens is 695 g/mol. The van der Waals surface area contributed by atoms with Gasteiger partial charge in [-0.2, -0.15) is 0 Å². The number of pyridine rings is 1. The molecule has 2 aliphatic rings. The maximum atomic E-state index is 13.7. The molecule has 3 amide bonds. The van der Waals surface area contributed by atoms with Crippen molar-refractivity contribution >= 4 is 64.1 Å². The van der Waals surface area contributed by atoms with Gasteiger partial charge in [-0.3, -0.25) is 24.1 Å². The Balaban J connectivity index is 1.57. The zero-order valence-electron chi connectivity index (χ0n) is 28.7. The second-order valence-electron chi connectivity index (χ2n) is 13.7. The van der Waals surface area contributed by atoms with Crippen LogP contribution in [-0.4, -0.2) is 114 Å². The number of quaternary nitrogens is 1. The maximum Gasteiger partial charge on any atom is 0.353 e. The molecule has 50 heavy (non-hydrogen) atoms. The summed E-state index contributed by atoms with van der Waals surface area (Å²) in [6.45, 7) is 9.88. The van der Waals surface area contributed by atoms with Crippen molar-refractivity contribution in [1.29, 1.82) is 0 Å².